The van der Waals surface area contributed by atoms with E-state index in [4.69, 9.17) is 0 Å². The summed E-state index contributed by atoms with van der Waals surface area (Å²) < 4.78 is 1.02. The van der Waals surface area contributed by atoms with Crippen molar-refractivity contribution in [2.45, 2.75) is 11.5 Å². The summed E-state index contributed by atoms with van der Waals surface area (Å²) in [6, 6.07) is 38.3. The average molecular weight is 429 g/mol. The van der Waals surface area contributed by atoms with Gasteiger partial charge in [-0.1, -0.05) is 119 Å². The van der Waals surface area contributed by atoms with Gasteiger partial charge in [-0.05, 0) is 34.4 Å². The molecule has 0 aliphatic heterocycles. The smallest absolute Gasteiger partial charge is 0.125 e. The van der Waals surface area contributed by atoms with E-state index in [1.807, 2.05) is 91.0 Å². The van der Waals surface area contributed by atoms with Gasteiger partial charge in [0.15, 0.2) is 0 Å². The highest BCUT2D eigenvalue weighted by Crippen LogP contribution is 2.46. The van der Waals surface area contributed by atoms with Gasteiger partial charge in [-0.2, -0.15) is 0 Å². The molecule has 0 fully saturated rings. The highest BCUT2D eigenvalue weighted by Gasteiger charge is 2.42. The first-order chi connectivity index (χ1) is 13.7. The Morgan fingerprint density at radius 1 is 0.536 bits per heavy atom. The molecule has 0 aliphatic carbocycles. The molecule has 138 valence electrons. The summed E-state index contributed by atoms with van der Waals surface area (Å²) in [5.41, 5.74) is 2.66. The van der Waals surface area contributed by atoms with Crippen LogP contribution in [0.5, 0.6) is 0 Å². The van der Waals surface area contributed by atoms with Crippen molar-refractivity contribution in [1.29, 1.82) is 0 Å². The van der Waals surface area contributed by atoms with Crippen molar-refractivity contribution in [3.05, 3.63) is 142 Å². The van der Waals surface area contributed by atoms with Crippen LogP contribution in [0, 0.1) is 0 Å². The summed E-state index contributed by atoms with van der Waals surface area (Å²) in [6.07, 6.45) is 0. The summed E-state index contributed by atoms with van der Waals surface area (Å²) >= 11 is 3.53. The highest BCUT2D eigenvalue weighted by molar-refractivity contribution is 9.10. The quantitative estimate of drug-likeness (QED) is 0.383. The topological polar surface area (TPSA) is 20.2 Å². The lowest BCUT2D eigenvalue weighted by Gasteiger charge is -2.38. The highest BCUT2D eigenvalue weighted by atomic mass is 79.9. The molecule has 28 heavy (non-hydrogen) atoms. The van der Waals surface area contributed by atoms with Crippen LogP contribution in [0.3, 0.4) is 0 Å². The minimum absolute atomic E-state index is 0.258. The van der Waals surface area contributed by atoms with Crippen LogP contribution in [0.2, 0.25) is 0 Å². The summed E-state index contributed by atoms with van der Waals surface area (Å²) in [6.45, 7) is 0. The Kier molecular flexibility index (Phi) is 5.43. The minimum atomic E-state index is -1.21. The van der Waals surface area contributed by atoms with Gasteiger partial charge in [0.1, 0.15) is 5.60 Å². The first-order valence-electron chi connectivity index (χ1n) is 9.33. The lowest BCUT2D eigenvalue weighted by Crippen LogP contribution is -2.35. The molecule has 1 N–H and O–H groups in total. The molecule has 4 rings (SSSR count). The molecule has 0 aromatic heterocycles. The van der Waals surface area contributed by atoms with Gasteiger partial charge in [0, 0.05) is 10.4 Å². The monoisotopic (exact) mass is 428 g/mol. The number of aliphatic hydroxyl groups is 1. The zero-order valence-electron chi connectivity index (χ0n) is 15.4. The molecule has 0 saturated heterocycles. The summed E-state index contributed by atoms with van der Waals surface area (Å²) in [5.74, 6) is -0.258. The molecule has 0 spiro atoms. The molecule has 0 amide bonds. The van der Waals surface area contributed by atoms with Crippen molar-refractivity contribution in [3.63, 3.8) is 0 Å². The van der Waals surface area contributed by atoms with Crippen LogP contribution in [0.4, 0.5) is 0 Å². The maximum absolute atomic E-state index is 12.4. The van der Waals surface area contributed by atoms with E-state index in [0.717, 1.165) is 26.7 Å². The molecule has 4 aromatic carbocycles. The molecule has 1 nitrogen and oxygen atoms in total. The van der Waals surface area contributed by atoms with Crippen molar-refractivity contribution >= 4 is 15.9 Å². The minimum Gasteiger partial charge on any atom is -0.379 e. The third-order valence-corrected chi connectivity index (χ3v) is 5.71. The fourth-order valence-electron chi connectivity index (χ4n) is 3.86. The Hall–Kier alpha value is -2.68. The molecule has 0 saturated carbocycles. The second-order valence-electron chi connectivity index (χ2n) is 6.89. The number of rotatable bonds is 5. The van der Waals surface area contributed by atoms with Crippen LogP contribution in [0.25, 0.3) is 0 Å². The molecular weight excluding hydrogens is 408 g/mol. The number of benzene rings is 4. The average Bonchev–Trinajstić information content (AvgIpc) is 2.77. The Balaban J connectivity index is 2.00. The molecule has 0 radical (unpaired) electrons. The Labute approximate surface area is 174 Å². The van der Waals surface area contributed by atoms with Crippen molar-refractivity contribution < 1.29 is 5.11 Å². The third-order valence-electron chi connectivity index (χ3n) is 5.18. The van der Waals surface area contributed by atoms with Crippen LogP contribution in [0.1, 0.15) is 28.2 Å². The van der Waals surface area contributed by atoms with Gasteiger partial charge >= 0.3 is 0 Å². The maximum Gasteiger partial charge on any atom is 0.125 e. The van der Waals surface area contributed by atoms with Crippen molar-refractivity contribution in [1.82, 2.24) is 0 Å². The molecule has 1 atom stereocenters. The molecule has 4 aromatic rings. The molecule has 0 bridgehead atoms. The van der Waals surface area contributed by atoms with Crippen molar-refractivity contribution in [3.8, 4) is 0 Å². The van der Waals surface area contributed by atoms with Gasteiger partial charge in [0.2, 0.25) is 0 Å². The molecular formula is C26H21BrO. The zero-order valence-corrected chi connectivity index (χ0v) is 17.0. The van der Waals surface area contributed by atoms with E-state index in [2.05, 4.69) is 40.2 Å². The molecule has 0 heterocycles. The largest absolute Gasteiger partial charge is 0.379 e. The first-order valence-corrected chi connectivity index (χ1v) is 10.1. The normalized spacial score (nSPS) is 12.5. The number of hydrogen-bond acceptors (Lipinski definition) is 1. The van der Waals surface area contributed by atoms with Gasteiger partial charge < -0.3 is 5.11 Å². The fourth-order valence-corrected chi connectivity index (χ4v) is 4.12. The number of halogens is 1. The van der Waals surface area contributed by atoms with Gasteiger partial charge in [0.25, 0.3) is 0 Å². The van der Waals surface area contributed by atoms with Crippen LogP contribution >= 0.6 is 15.9 Å². The molecule has 1 unspecified atom stereocenters. The van der Waals surface area contributed by atoms with Crippen molar-refractivity contribution in [2.75, 3.05) is 0 Å². The second kappa shape index (κ2) is 8.14. The van der Waals surface area contributed by atoms with Crippen LogP contribution in [0.15, 0.2) is 120 Å². The Morgan fingerprint density at radius 2 is 0.929 bits per heavy atom. The third kappa shape index (κ3) is 3.54. The van der Waals surface area contributed by atoms with Gasteiger partial charge in [0.05, 0.1) is 0 Å². The van der Waals surface area contributed by atoms with E-state index >= 15 is 0 Å². The fraction of sp³-hybridized carbons (Fsp3) is 0.0769. The zero-order chi connectivity index (χ0) is 19.4. The van der Waals surface area contributed by atoms with Gasteiger partial charge in [-0.15, -0.1) is 0 Å². The maximum atomic E-state index is 12.4. The van der Waals surface area contributed by atoms with E-state index in [9.17, 15) is 5.11 Å². The number of hydrogen-bond donors (Lipinski definition) is 1. The van der Waals surface area contributed by atoms with Gasteiger partial charge in [-0.25, -0.2) is 0 Å². The Bertz CT molecular complexity index is 973. The van der Waals surface area contributed by atoms with E-state index in [0.29, 0.717) is 0 Å². The van der Waals surface area contributed by atoms with Crippen LogP contribution in [-0.4, -0.2) is 5.11 Å². The lowest BCUT2D eigenvalue weighted by atomic mass is 9.70. The molecule has 2 heteroatoms. The first kappa shape index (κ1) is 18.7. The van der Waals surface area contributed by atoms with E-state index in [1.54, 1.807) is 0 Å². The molecule has 0 aliphatic rings. The van der Waals surface area contributed by atoms with E-state index in [-0.39, 0.29) is 5.92 Å². The summed E-state index contributed by atoms with van der Waals surface area (Å²) in [7, 11) is 0. The van der Waals surface area contributed by atoms with Gasteiger partial charge in [-0.3, -0.25) is 0 Å². The SMILES string of the molecule is OC(c1ccccc1)(c1ccccc1)C(c1ccccc1)c1ccc(Br)cc1. The second-order valence-corrected chi connectivity index (χ2v) is 7.81. The predicted molar refractivity (Wildman–Crippen MR) is 118 cm³/mol. The van der Waals surface area contributed by atoms with Crippen LogP contribution < -0.4 is 0 Å². The van der Waals surface area contributed by atoms with E-state index in [1.165, 1.54) is 0 Å². The van der Waals surface area contributed by atoms with Crippen LogP contribution in [-0.2, 0) is 5.60 Å². The van der Waals surface area contributed by atoms with Crippen molar-refractivity contribution in [2.24, 2.45) is 0 Å². The standard InChI is InChI=1S/C26H21BrO/c27-24-18-16-21(17-19-24)25(20-10-4-1-5-11-20)26(28,22-12-6-2-7-13-22)23-14-8-3-9-15-23/h1-19,25,28H. The summed E-state index contributed by atoms with van der Waals surface area (Å²) in [5, 5.41) is 12.4. The lowest BCUT2D eigenvalue weighted by molar-refractivity contribution is 0.0625. The van der Waals surface area contributed by atoms with E-state index < -0.39 is 5.60 Å². The Morgan fingerprint density at radius 3 is 1.39 bits per heavy atom. The summed E-state index contributed by atoms with van der Waals surface area (Å²) in [4.78, 5) is 0. The predicted octanol–water partition coefficient (Wildman–Crippen LogP) is 6.52.